The van der Waals surface area contributed by atoms with Gasteiger partial charge < -0.3 is 10.2 Å². The van der Waals surface area contributed by atoms with Crippen molar-refractivity contribution in [3.05, 3.63) is 22.8 Å². The number of halogens is 1. The SMILES string of the molecule is CCCCN(CCCC)C(=O)c1cc(Cl)nc(NC)c1. The van der Waals surface area contributed by atoms with E-state index in [1.54, 1.807) is 19.2 Å². The van der Waals surface area contributed by atoms with Crippen molar-refractivity contribution < 1.29 is 4.79 Å². The normalized spacial score (nSPS) is 10.4. The highest BCUT2D eigenvalue weighted by Gasteiger charge is 2.16. The summed E-state index contributed by atoms with van der Waals surface area (Å²) in [5.41, 5.74) is 0.599. The molecule has 0 saturated carbocycles. The molecule has 0 aliphatic heterocycles. The van der Waals surface area contributed by atoms with Gasteiger partial charge in [-0.3, -0.25) is 4.79 Å². The first-order valence-corrected chi connectivity index (χ1v) is 7.64. The minimum atomic E-state index is 0.0349. The van der Waals surface area contributed by atoms with Crippen LogP contribution in [0.2, 0.25) is 5.15 Å². The Balaban J connectivity index is 2.89. The second-order valence-electron chi connectivity index (χ2n) is 4.81. The summed E-state index contributed by atoms with van der Waals surface area (Å²) in [6, 6.07) is 3.38. The Kier molecular flexibility index (Phi) is 7.37. The standard InChI is InChI=1S/C15H24ClN3O/c1-4-6-8-19(9-7-5-2)15(20)12-10-13(16)18-14(11-12)17-3/h10-11H,4-9H2,1-3H3,(H,17,18). The van der Waals surface area contributed by atoms with Crippen LogP contribution in [-0.2, 0) is 0 Å². The molecule has 1 heterocycles. The maximum absolute atomic E-state index is 12.6. The molecule has 4 nitrogen and oxygen atoms in total. The molecule has 0 saturated heterocycles. The van der Waals surface area contributed by atoms with Crippen LogP contribution >= 0.6 is 11.6 Å². The number of carbonyl (C=O) groups excluding carboxylic acids is 1. The Bertz CT molecular complexity index is 429. The quantitative estimate of drug-likeness (QED) is 0.742. The van der Waals surface area contributed by atoms with Crippen molar-refractivity contribution >= 4 is 23.3 Å². The number of unbranched alkanes of at least 4 members (excludes halogenated alkanes) is 2. The molecule has 112 valence electrons. The number of nitrogens with one attached hydrogen (secondary N) is 1. The molecule has 0 aliphatic rings. The lowest BCUT2D eigenvalue weighted by molar-refractivity contribution is 0.0751. The fourth-order valence-electron chi connectivity index (χ4n) is 1.94. The number of rotatable bonds is 8. The van der Waals surface area contributed by atoms with E-state index in [1.807, 2.05) is 4.90 Å². The van der Waals surface area contributed by atoms with E-state index in [9.17, 15) is 4.79 Å². The number of nitrogens with zero attached hydrogens (tertiary/aromatic N) is 2. The van der Waals surface area contributed by atoms with Crippen LogP contribution < -0.4 is 5.32 Å². The van der Waals surface area contributed by atoms with Crippen LogP contribution in [0.3, 0.4) is 0 Å². The van der Waals surface area contributed by atoms with Gasteiger partial charge in [0.05, 0.1) is 0 Å². The van der Waals surface area contributed by atoms with Crippen LogP contribution in [0.1, 0.15) is 49.9 Å². The van der Waals surface area contributed by atoms with Gasteiger partial charge in [-0.2, -0.15) is 0 Å². The lowest BCUT2D eigenvalue weighted by Crippen LogP contribution is -2.33. The summed E-state index contributed by atoms with van der Waals surface area (Å²) in [5.74, 6) is 0.652. The van der Waals surface area contributed by atoms with Crippen LogP contribution in [0.25, 0.3) is 0 Å². The number of anilines is 1. The summed E-state index contributed by atoms with van der Waals surface area (Å²) in [7, 11) is 1.76. The monoisotopic (exact) mass is 297 g/mol. The molecule has 1 aromatic rings. The molecular weight excluding hydrogens is 274 g/mol. The Labute approximate surface area is 126 Å². The lowest BCUT2D eigenvalue weighted by atomic mass is 10.2. The van der Waals surface area contributed by atoms with Crippen molar-refractivity contribution in [1.29, 1.82) is 0 Å². The summed E-state index contributed by atoms with van der Waals surface area (Å²) in [4.78, 5) is 18.6. The van der Waals surface area contributed by atoms with E-state index < -0.39 is 0 Å². The number of aromatic nitrogens is 1. The first-order chi connectivity index (χ1) is 9.62. The van der Waals surface area contributed by atoms with E-state index in [2.05, 4.69) is 24.1 Å². The number of hydrogen-bond acceptors (Lipinski definition) is 3. The highest BCUT2D eigenvalue weighted by atomic mass is 35.5. The van der Waals surface area contributed by atoms with E-state index in [-0.39, 0.29) is 5.91 Å². The average molecular weight is 298 g/mol. The van der Waals surface area contributed by atoms with Crippen molar-refractivity contribution in [1.82, 2.24) is 9.88 Å². The first-order valence-electron chi connectivity index (χ1n) is 7.27. The smallest absolute Gasteiger partial charge is 0.254 e. The van der Waals surface area contributed by atoms with Gasteiger partial charge in [-0.25, -0.2) is 4.98 Å². The summed E-state index contributed by atoms with van der Waals surface area (Å²) < 4.78 is 0. The largest absolute Gasteiger partial charge is 0.373 e. The zero-order chi connectivity index (χ0) is 15.0. The molecule has 0 aromatic carbocycles. The molecule has 0 fully saturated rings. The van der Waals surface area contributed by atoms with Gasteiger partial charge in [0, 0.05) is 25.7 Å². The topological polar surface area (TPSA) is 45.2 Å². The number of hydrogen-bond donors (Lipinski definition) is 1. The minimum absolute atomic E-state index is 0.0349. The van der Waals surface area contributed by atoms with Gasteiger partial charge in [-0.15, -0.1) is 0 Å². The van der Waals surface area contributed by atoms with Crippen molar-refractivity contribution in [2.24, 2.45) is 0 Å². The second kappa shape index (κ2) is 8.80. The predicted octanol–water partition coefficient (Wildman–Crippen LogP) is 3.82. The molecule has 1 N–H and O–H groups in total. The van der Waals surface area contributed by atoms with Gasteiger partial charge in [0.2, 0.25) is 0 Å². The van der Waals surface area contributed by atoms with Crippen LogP contribution in [0.4, 0.5) is 5.82 Å². The van der Waals surface area contributed by atoms with Crippen LogP contribution in [0, 0.1) is 0 Å². The minimum Gasteiger partial charge on any atom is -0.373 e. The van der Waals surface area contributed by atoms with Crippen molar-refractivity contribution in [2.45, 2.75) is 39.5 Å². The van der Waals surface area contributed by atoms with Crippen LogP contribution in [-0.4, -0.2) is 35.9 Å². The van der Waals surface area contributed by atoms with Gasteiger partial charge in [0.15, 0.2) is 0 Å². The molecule has 20 heavy (non-hydrogen) atoms. The molecule has 0 atom stereocenters. The lowest BCUT2D eigenvalue weighted by Gasteiger charge is -2.22. The summed E-state index contributed by atoms with van der Waals surface area (Å²) >= 11 is 5.96. The van der Waals surface area contributed by atoms with Gasteiger partial charge in [-0.1, -0.05) is 38.3 Å². The van der Waals surface area contributed by atoms with Crippen LogP contribution in [0.15, 0.2) is 12.1 Å². The number of pyridine rings is 1. The van der Waals surface area contributed by atoms with Crippen molar-refractivity contribution in [3.8, 4) is 0 Å². The predicted molar refractivity (Wildman–Crippen MR) is 84.5 cm³/mol. The Morgan fingerprint density at radius 2 is 1.85 bits per heavy atom. The summed E-state index contributed by atoms with van der Waals surface area (Å²) in [5, 5.41) is 3.26. The molecule has 1 rings (SSSR count). The fourth-order valence-corrected chi connectivity index (χ4v) is 2.15. The van der Waals surface area contributed by atoms with Gasteiger partial charge in [-0.05, 0) is 25.0 Å². The van der Waals surface area contributed by atoms with E-state index in [4.69, 9.17) is 11.6 Å². The summed E-state index contributed by atoms with van der Waals surface area (Å²) in [6.07, 6.45) is 4.20. The number of amides is 1. The Morgan fingerprint density at radius 1 is 1.25 bits per heavy atom. The van der Waals surface area contributed by atoms with E-state index in [1.165, 1.54) is 0 Å². The maximum atomic E-state index is 12.6. The fraction of sp³-hybridized carbons (Fsp3) is 0.600. The van der Waals surface area contributed by atoms with Crippen molar-refractivity contribution in [2.75, 3.05) is 25.5 Å². The third-order valence-corrected chi connectivity index (χ3v) is 3.34. The highest BCUT2D eigenvalue weighted by molar-refractivity contribution is 6.29. The molecule has 0 unspecified atom stereocenters. The Hall–Kier alpha value is -1.29. The number of carbonyl (C=O) groups is 1. The molecule has 0 aliphatic carbocycles. The van der Waals surface area contributed by atoms with Gasteiger partial charge >= 0.3 is 0 Å². The first kappa shape index (κ1) is 16.8. The molecular formula is C15H24ClN3O. The van der Waals surface area contributed by atoms with Crippen LogP contribution in [0.5, 0.6) is 0 Å². The van der Waals surface area contributed by atoms with E-state index >= 15 is 0 Å². The Morgan fingerprint density at radius 3 is 2.35 bits per heavy atom. The van der Waals surface area contributed by atoms with Gasteiger partial charge in [0.1, 0.15) is 11.0 Å². The average Bonchev–Trinajstić information content (AvgIpc) is 2.46. The van der Waals surface area contributed by atoms with E-state index in [0.29, 0.717) is 16.5 Å². The van der Waals surface area contributed by atoms with Crippen molar-refractivity contribution in [3.63, 3.8) is 0 Å². The molecule has 1 amide bonds. The summed E-state index contributed by atoms with van der Waals surface area (Å²) in [6.45, 7) is 5.85. The third kappa shape index (κ3) is 5.00. The molecule has 0 bridgehead atoms. The zero-order valence-electron chi connectivity index (χ0n) is 12.6. The van der Waals surface area contributed by atoms with E-state index in [0.717, 1.165) is 38.8 Å². The molecule has 0 radical (unpaired) electrons. The third-order valence-electron chi connectivity index (χ3n) is 3.15. The molecule has 0 spiro atoms. The second-order valence-corrected chi connectivity index (χ2v) is 5.20. The molecule has 5 heteroatoms. The maximum Gasteiger partial charge on any atom is 0.254 e. The van der Waals surface area contributed by atoms with Gasteiger partial charge in [0.25, 0.3) is 5.91 Å². The highest BCUT2D eigenvalue weighted by Crippen LogP contribution is 2.16. The zero-order valence-corrected chi connectivity index (χ0v) is 13.3. The molecule has 1 aromatic heterocycles.